The summed E-state index contributed by atoms with van der Waals surface area (Å²) in [4.78, 5) is 22.2. The highest BCUT2D eigenvalue weighted by Gasteiger charge is 2.31. The van der Waals surface area contributed by atoms with Crippen LogP contribution in [-0.4, -0.2) is 43.8 Å². The molecule has 0 bridgehead atoms. The van der Waals surface area contributed by atoms with E-state index in [1.54, 1.807) is 31.2 Å². The molecule has 0 aliphatic carbocycles. The smallest absolute Gasteiger partial charge is 0.289 e. The third-order valence-corrected chi connectivity index (χ3v) is 5.69. The van der Waals surface area contributed by atoms with E-state index < -0.39 is 38.0 Å². The van der Waals surface area contributed by atoms with Crippen molar-refractivity contribution < 1.29 is 22.9 Å². The minimum absolute atomic E-state index is 0.0234. The fourth-order valence-corrected chi connectivity index (χ4v) is 3.93. The van der Waals surface area contributed by atoms with Crippen LogP contribution in [0.2, 0.25) is 0 Å². The Bertz CT molecular complexity index is 928. The molecule has 2 aromatic rings. The molecule has 0 aliphatic heterocycles. The number of nitrogens with one attached hydrogen (secondary N) is 1. The van der Waals surface area contributed by atoms with Crippen molar-refractivity contribution in [1.29, 1.82) is 0 Å². The lowest BCUT2D eigenvalue weighted by Crippen LogP contribution is -2.38. The zero-order valence-electron chi connectivity index (χ0n) is 14.8. The van der Waals surface area contributed by atoms with E-state index in [2.05, 4.69) is 5.32 Å². The number of hydrogen-bond donors (Lipinski definition) is 1. The van der Waals surface area contributed by atoms with Crippen LogP contribution in [0, 0.1) is 10.1 Å². The minimum Gasteiger partial charge on any atom is -0.497 e. The lowest BCUT2D eigenvalue weighted by atomic mass is 10.3. The molecule has 2 aromatic carbocycles. The SMILES string of the molecule is CCN(CC(=O)Nc1ccc(OC)cc1)S(=O)(=O)c1ccccc1[N+](=O)[O-]. The first-order valence-electron chi connectivity index (χ1n) is 7.97. The highest BCUT2D eigenvalue weighted by atomic mass is 32.2. The number of anilines is 1. The second-order valence-electron chi connectivity index (χ2n) is 5.43. The molecule has 0 heterocycles. The molecule has 2 rings (SSSR count). The molecule has 0 spiro atoms. The van der Waals surface area contributed by atoms with Crippen molar-refractivity contribution in [2.24, 2.45) is 0 Å². The van der Waals surface area contributed by atoms with Gasteiger partial charge in [0.25, 0.3) is 5.69 Å². The first kappa shape index (κ1) is 20.3. The number of carbonyl (C=O) groups excluding carboxylic acids is 1. The summed E-state index contributed by atoms with van der Waals surface area (Å²) in [5.41, 5.74) is -0.0635. The topological polar surface area (TPSA) is 119 Å². The Morgan fingerprint density at radius 1 is 1.19 bits per heavy atom. The van der Waals surface area contributed by atoms with Crippen molar-refractivity contribution >= 4 is 27.3 Å². The van der Waals surface area contributed by atoms with Crippen LogP contribution in [0.4, 0.5) is 11.4 Å². The summed E-state index contributed by atoms with van der Waals surface area (Å²) in [7, 11) is -2.70. The van der Waals surface area contributed by atoms with E-state index in [9.17, 15) is 23.3 Å². The number of rotatable bonds is 8. The summed E-state index contributed by atoms with van der Waals surface area (Å²) in [6, 6.07) is 11.6. The maximum Gasteiger partial charge on any atom is 0.289 e. The molecule has 144 valence electrons. The van der Waals surface area contributed by atoms with Crippen LogP contribution in [0.25, 0.3) is 0 Å². The third-order valence-electron chi connectivity index (χ3n) is 3.73. The summed E-state index contributed by atoms with van der Waals surface area (Å²) < 4.78 is 31.5. The Labute approximate surface area is 156 Å². The monoisotopic (exact) mass is 393 g/mol. The van der Waals surface area contributed by atoms with Crippen LogP contribution < -0.4 is 10.1 Å². The number of ether oxygens (including phenoxy) is 1. The lowest BCUT2D eigenvalue weighted by molar-refractivity contribution is -0.387. The molecule has 0 unspecified atom stereocenters. The van der Waals surface area contributed by atoms with Gasteiger partial charge in [-0.3, -0.25) is 14.9 Å². The molecule has 0 atom stereocenters. The van der Waals surface area contributed by atoms with Crippen LogP contribution in [0.3, 0.4) is 0 Å². The molecule has 0 saturated carbocycles. The molecule has 1 amide bonds. The first-order valence-corrected chi connectivity index (χ1v) is 9.41. The zero-order valence-corrected chi connectivity index (χ0v) is 15.6. The van der Waals surface area contributed by atoms with Gasteiger partial charge in [-0.25, -0.2) is 8.42 Å². The second-order valence-corrected chi connectivity index (χ2v) is 7.34. The Morgan fingerprint density at radius 2 is 1.81 bits per heavy atom. The Morgan fingerprint density at radius 3 is 2.37 bits per heavy atom. The summed E-state index contributed by atoms with van der Waals surface area (Å²) >= 11 is 0. The summed E-state index contributed by atoms with van der Waals surface area (Å²) in [5, 5.41) is 13.7. The molecule has 0 radical (unpaired) electrons. The van der Waals surface area contributed by atoms with Crippen LogP contribution in [-0.2, 0) is 14.8 Å². The highest BCUT2D eigenvalue weighted by molar-refractivity contribution is 7.89. The van der Waals surface area contributed by atoms with Gasteiger partial charge in [-0.05, 0) is 30.3 Å². The first-order chi connectivity index (χ1) is 12.8. The fourth-order valence-electron chi connectivity index (χ4n) is 2.37. The van der Waals surface area contributed by atoms with Crippen LogP contribution in [0.5, 0.6) is 5.75 Å². The van der Waals surface area contributed by atoms with Crippen molar-refractivity contribution in [3.8, 4) is 5.75 Å². The van der Waals surface area contributed by atoms with Gasteiger partial charge in [-0.15, -0.1) is 0 Å². The number of likely N-dealkylation sites (N-methyl/N-ethyl adjacent to an activating group) is 1. The van der Waals surface area contributed by atoms with E-state index in [4.69, 9.17) is 4.74 Å². The van der Waals surface area contributed by atoms with Crippen LogP contribution in [0.15, 0.2) is 53.4 Å². The number of benzene rings is 2. The van der Waals surface area contributed by atoms with Crippen molar-refractivity contribution in [2.75, 3.05) is 25.5 Å². The van der Waals surface area contributed by atoms with Gasteiger partial charge in [0.15, 0.2) is 4.90 Å². The fraction of sp³-hybridized carbons (Fsp3) is 0.235. The largest absolute Gasteiger partial charge is 0.497 e. The van der Waals surface area contributed by atoms with Gasteiger partial charge >= 0.3 is 0 Å². The van der Waals surface area contributed by atoms with Gasteiger partial charge in [0.1, 0.15) is 5.75 Å². The van der Waals surface area contributed by atoms with Gasteiger partial charge in [0, 0.05) is 18.3 Å². The van der Waals surface area contributed by atoms with E-state index in [1.165, 1.54) is 19.2 Å². The molecule has 0 fully saturated rings. The molecule has 0 aliphatic rings. The van der Waals surface area contributed by atoms with E-state index in [0.717, 1.165) is 16.4 Å². The Balaban J connectivity index is 2.20. The summed E-state index contributed by atoms with van der Waals surface area (Å²) in [5.74, 6) is 0.0475. The van der Waals surface area contributed by atoms with Gasteiger partial charge < -0.3 is 10.1 Å². The molecular formula is C17H19N3O6S. The molecule has 10 heteroatoms. The summed E-state index contributed by atoms with van der Waals surface area (Å²) in [6.07, 6.45) is 0. The van der Waals surface area contributed by atoms with Gasteiger partial charge in [-0.2, -0.15) is 4.31 Å². The van der Waals surface area contributed by atoms with Crippen LogP contribution >= 0.6 is 0 Å². The maximum absolute atomic E-state index is 12.8. The van der Waals surface area contributed by atoms with E-state index in [0.29, 0.717) is 11.4 Å². The van der Waals surface area contributed by atoms with Crippen molar-refractivity contribution in [3.63, 3.8) is 0 Å². The number of methoxy groups -OCH3 is 1. The number of nitro groups is 1. The number of nitro benzene ring substituents is 1. The molecular weight excluding hydrogens is 374 g/mol. The average molecular weight is 393 g/mol. The number of para-hydroxylation sites is 1. The Hall–Kier alpha value is -2.98. The van der Waals surface area contributed by atoms with Gasteiger partial charge in [0.2, 0.25) is 15.9 Å². The zero-order chi connectivity index (χ0) is 20.0. The van der Waals surface area contributed by atoms with Gasteiger partial charge in [-0.1, -0.05) is 19.1 Å². The standard InChI is InChI=1S/C17H19N3O6S/c1-3-19(12-17(21)18-13-8-10-14(26-2)11-9-13)27(24,25)16-7-5-4-6-15(16)20(22)23/h4-11H,3,12H2,1-2H3,(H,18,21). The Kier molecular flexibility index (Phi) is 6.48. The molecule has 0 aromatic heterocycles. The van der Waals surface area contributed by atoms with Crippen molar-refractivity contribution in [3.05, 3.63) is 58.6 Å². The predicted octanol–water partition coefficient (Wildman–Crippen LogP) is 2.25. The number of nitrogens with zero attached hydrogens (tertiary/aromatic N) is 2. The summed E-state index contributed by atoms with van der Waals surface area (Å²) in [6.45, 7) is 1.05. The minimum atomic E-state index is -4.21. The number of sulfonamides is 1. The second kappa shape index (κ2) is 8.60. The third kappa shape index (κ3) is 4.80. The molecule has 27 heavy (non-hydrogen) atoms. The van der Waals surface area contributed by atoms with Crippen molar-refractivity contribution in [1.82, 2.24) is 4.31 Å². The van der Waals surface area contributed by atoms with Crippen molar-refractivity contribution in [2.45, 2.75) is 11.8 Å². The predicted molar refractivity (Wildman–Crippen MR) is 99.2 cm³/mol. The maximum atomic E-state index is 12.8. The highest BCUT2D eigenvalue weighted by Crippen LogP contribution is 2.26. The van der Waals surface area contributed by atoms with E-state index >= 15 is 0 Å². The quantitative estimate of drug-likeness (QED) is 0.543. The normalized spacial score (nSPS) is 11.2. The molecule has 0 saturated heterocycles. The van der Waals surface area contributed by atoms with E-state index in [1.807, 2.05) is 0 Å². The molecule has 9 nitrogen and oxygen atoms in total. The average Bonchev–Trinajstić information content (AvgIpc) is 2.66. The lowest BCUT2D eigenvalue weighted by Gasteiger charge is -2.20. The van der Waals surface area contributed by atoms with Gasteiger partial charge in [0.05, 0.1) is 18.6 Å². The molecule has 1 N–H and O–H groups in total. The van der Waals surface area contributed by atoms with Crippen LogP contribution in [0.1, 0.15) is 6.92 Å². The number of hydrogen-bond acceptors (Lipinski definition) is 6. The number of amides is 1. The van der Waals surface area contributed by atoms with E-state index in [-0.39, 0.29) is 6.54 Å². The number of carbonyl (C=O) groups is 1.